The lowest BCUT2D eigenvalue weighted by molar-refractivity contribution is -0.147. The Balaban J connectivity index is 3.18. The fourth-order valence-corrected chi connectivity index (χ4v) is 5.71. The second-order valence-electron chi connectivity index (χ2n) is 13.5. The molecule has 0 aliphatic carbocycles. The molecule has 1 aromatic rings. The molecule has 0 saturated heterocycles. The summed E-state index contributed by atoms with van der Waals surface area (Å²) in [7, 11) is -1.96. The second-order valence-corrected chi connectivity index (χ2v) is 18.3. The Hall–Kier alpha value is -1.51. The molecule has 8 atom stereocenters. The van der Waals surface area contributed by atoms with Gasteiger partial charge in [0.15, 0.2) is 8.32 Å². The highest BCUT2D eigenvalue weighted by Gasteiger charge is 2.41. The molecule has 0 amide bonds. The SMILES string of the molecule is C/C=C(\OC(=O)C(C)C)[C@@H](C)[C@@H](O[C@@H](C)c1ccccc1)[C@H](C)[C@H](O)[C@H](C)[C@@H](O)[C@@H](C)CO[Si](C)(C)C(C)(C)C. The molecule has 0 aliphatic rings. The van der Waals surface area contributed by atoms with Crippen LogP contribution in [0.4, 0.5) is 0 Å². The maximum atomic E-state index is 12.5. The van der Waals surface area contributed by atoms with Crippen LogP contribution in [0, 0.1) is 29.6 Å². The number of ether oxygens (including phenoxy) is 2. The minimum Gasteiger partial charge on any atom is -0.431 e. The first-order valence-corrected chi connectivity index (χ1v) is 17.8. The molecule has 0 heterocycles. The summed E-state index contributed by atoms with van der Waals surface area (Å²) in [5, 5.41) is 22.9. The molecule has 1 rings (SSSR count). The average molecular weight is 579 g/mol. The highest BCUT2D eigenvalue weighted by molar-refractivity contribution is 6.74. The van der Waals surface area contributed by atoms with E-state index in [9.17, 15) is 15.0 Å². The van der Waals surface area contributed by atoms with Crippen LogP contribution in [0.3, 0.4) is 0 Å². The zero-order valence-corrected chi connectivity index (χ0v) is 28.4. The molecule has 0 spiro atoms. The fourth-order valence-electron chi connectivity index (χ4n) is 4.59. The number of allylic oxidation sites excluding steroid dienone is 1. The minimum atomic E-state index is -1.96. The van der Waals surface area contributed by atoms with Crippen molar-refractivity contribution in [2.24, 2.45) is 29.6 Å². The number of esters is 1. The first kappa shape index (κ1) is 36.5. The first-order chi connectivity index (χ1) is 18.4. The minimum absolute atomic E-state index is 0.0803. The predicted molar refractivity (Wildman–Crippen MR) is 166 cm³/mol. The van der Waals surface area contributed by atoms with Gasteiger partial charge in [0.2, 0.25) is 0 Å². The number of hydrogen-bond donors (Lipinski definition) is 2. The largest absolute Gasteiger partial charge is 0.431 e. The molecule has 2 N–H and O–H groups in total. The quantitative estimate of drug-likeness (QED) is 0.127. The normalized spacial score (nSPS) is 19.4. The second kappa shape index (κ2) is 15.6. The van der Waals surface area contributed by atoms with Crippen molar-refractivity contribution in [3.63, 3.8) is 0 Å². The Bertz CT molecular complexity index is 923. The highest BCUT2D eigenvalue weighted by Crippen LogP contribution is 2.38. The van der Waals surface area contributed by atoms with Gasteiger partial charge in [0.25, 0.3) is 0 Å². The summed E-state index contributed by atoms with van der Waals surface area (Å²) in [5.41, 5.74) is 1.02. The number of rotatable bonds is 15. The zero-order chi connectivity index (χ0) is 31.0. The van der Waals surface area contributed by atoms with E-state index in [4.69, 9.17) is 13.9 Å². The van der Waals surface area contributed by atoms with Crippen LogP contribution < -0.4 is 0 Å². The third-order valence-corrected chi connectivity index (χ3v) is 13.3. The molecule has 0 radical (unpaired) electrons. The summed E-state index contributed by atoms with van der Waals surface area (Å²) in [5.74, 6) is -1.30. The van der Waals surface area contributed by atoms with Gasteiger partial charge in [-0.25, -0.2) is 0 Å². The standard InChI is InChI=1S/C33H58O6Si/c1-14-28(39-32(36)21(2)3)23(5)31(38-26(8)27-18-16-15-17-19-27)25(7)30(35)24(6)29(34)22(4)20-37-40(12,13)33(9,10)11/h14-19,21-26,29-31,34-35H,20H2,1-13H3/b28-14-/t22-,23+,24+,25+,26-,29-,30+,31+/m0/s1. The van der Waals surface area contributed by atoms with Gasteiger partial charge < -0.3 is 24.1 Å². The van der Waals surface area contributed by atoms with Gasteiger partial charge in [0, 0.05) is 30.3 Å². The molecule has 1 aromatic carbocycles. The number of aliphatic hydroxyl groups is 2. The molecular formula is C33H58O6Si. The van der Waals surface area contributed by atoms with E-state index in [1.807, 2.05) is 71.9 Å². The molecule has 7 heteroatoms. The first-order valence-electron chi connectivity index (χ1n) is 14.9. The lowest BCUT2D eigenvalue weighted by Gasteiger charge is -2.40. The Morgan fingerprint density at radius 1 is 0.925 bits per heavy atom. The lowest BCUT2D eigenvalue weighted by Crippen LogP contribution is -2.46. The van der Waals surface area contributed by atoms with Crippen LogP contribution in [0.2, 0.25) is 18.1 Å². The van der Waals surface area contributed by atoms with Crippen molar-refractivity contribution in [3.8, 4) is 0 Å². The number of aliphatic hydroxyl groups excluding tert-OH is 2. The number of benzene rings is 1. The van der Waals surface area contributed by atoms with Crippen molar-refractivity contribution >= 4 is 14.3 Å². The molecule has 0 saturated carbocycles. The molecule has 6 nitrogen and oxygen atoms in total. The van der Waals surface area contributed by atoms with Gasteiger partial charge in [-0.3, -0.25) is 4.79 Å². The molecule has 40 heavy (non-hydrogen) atoms. The average Bonchev–Trinajstić information content (AvgIpc) is 2.90. The topological polar surface area (TPSA) is 85.2 Å². The van der Waals surface area contributed by atoms with Crippen LogP contribution >= 0.6 is 0 Å². The monoisotopic (exact) mass is 578 g/mol. The van der Waals surface area contributed by atoms with Crippen LogP contribution in [0.15, 0.2) is 42.2 Å². The smallest absolute Gasteiger partial charge is 0.313 e. The Kier molecular flexibility index (Phi) is 14.3. The van der Waals surface area contributed by atoms with Gasteiger partial charge >= 0.3 is 5.97 Å². The molecule has 0 aliphatic heterocycles. The van der Waals surface area contributed by atoms with Crippen LogP contribution in [0.25, 0.3) is 0 Å². The van der Waals surface area contributed by atoms with E-state index in [1.165, 1.54) is 0 Å². The van der Waals surface area contributed by atoms with Crippen molar-refractivity contribution in [2.75, 3.05) is 6.61 Å². The van der Waals surface area contributed by atoms with Crippen LogP contribution in [0.1, 0.15) is 87.8 Å². The van der Waals surface area contributed by atoms with E-state index in [1.54, 1.807) is 19.9 Å². The maximum absolute atomic E-state index is 12.5. The van der Waals surface area contributed by atoms with Crippen LogP contribution in [-0.2, 0) is 18.7 Å². The maximum Gasteiger partial charge on any atom is 0.313 e. The molecule has 230 valence electrons. The highest BCUT2D eigenvalue weighted by atomic mass is 28.4. The Morgan fingerprint density at radius 3 is 1.95 bits per heavy atom. The summed E-state index contributed by atoms with van der Waals surface area (Å²) in [6.07, 6.45) is -0.555. The summed E-state index contributed by atoms with van der Waals surface area (Å²) in [4.78, 5) is 12.5. The lowest BCUT2D eigenvalue weighted by atomic mass is 9.79. The van der Waals surface area contributed by atoms with E-state index < -0.39 is 32.5 Å². The Labute approximate surface area is 245 Å². The third-order valence-electron chi connectivity index (χ3n) is 8.78. The number of carbonyl (C=O) groups excluding carboxylic acids is 1. The van der Waals surface area contributed by atoms with E-state index in [0.29, 0.717) is 12.4 Å². The Morgan fingerprint density at radius 2 is 1.48 bits per heavy atom. The van der Waals surface area contributed by atoms with Gasteiger partial charge in [0.05, 0.1) is 30.3 Å². The van der Waals surface area contributed by atoms with Gasteiger partial charge in [-0.1, -0.05) is 92.6 Å². The van der Waals surface area contributed by atoms with Crippen molar-refractivity contribution in [3.05, 3.63) is 47.7 Å². The summed E-state index contributed by atoms with van der Waals surface area (Å²) >= 11 is 0. The fraction of sp³-hybridized carbons (Fsp3) is 0.727. The van der Waals surface area contributed by atoms with Crippen LogP contribution in [-0.4, -0.2) is 49.4 Å². The predicted octanol–water partition coefficient (Wildman–Crippen LogP) is 7.52. The summed E-state index contributed by atoms with van der Waals surface area (Å²) in [6, 6.07) is 9.93. The van der Waals surface area contributed by atoms with E-state index in [-0.39, 0.29) is 40.8 Å². The van der Waals surface area contributed by atoms with E-state index in [2.05, 4.69) is 33.9 Å². The van der Waals surface area contributed by atoms with Crippen molar-refractivity contribution in [1.82, 2.24) is 0 Å². The molecule has 0 fully saturated rings. The third kappa shape index (κ3) is 10.1. The van der Waals surface area contributed by atoms with Gasteiger partial charge in [-0.05, 0) is 43.6 Å². The summed E-state index contributed by atoms with van der Waals surface area (Å²) < 4.78 is 18.8. The van der Waals surface area contributed by atoms with Crippen molar-refractivity contribution in [2.45, 2.75) is 119 Å². The number of hydrogen-bond acceptors (Lipinski definition) is 6. The summed E-state index contributed by atoms with van der Waals surface area (Å²) in [6.45, 7) is 26.6. The van der Waals surface area contributed by atoms with Crippen molar-refractivity contribution in [1.29, 1.82) is 0 Å². The zero-order valence-electron chi connectivity index (χ0n) is 27.4. The van der Waals surface area contributed by atoms with Gasteiger partial charge in [-0.2, -0.15) is 0 Å². The molecular weight excluding hydrogens is 520 g/mol. The number of carbonyl (C=O) groups is 1. The molecule has 0 aromatic heterocycles. The van der Waals surface area contributed by atoms with E-state index >= 15 is 0 Å². The van der Waals surface area contributed by atoms with Crippen LogP contribution in [0.5, 0.6) is 0 Å². The van der Waals surface area contributed by atoms with Gasteiger partial charge in [0.1, 0.15) is 5.76 Å². The van der Waals surface area contributed by atoms with E-state index in [0.717, 1.165) is 5.56 Å². The molecule has 0 bridgehead atoms. The molecule has 0 unspecified atom stereocenters. The van der Waals surface area contributed by atoms with Gasteiger partial charge in [-0.15, -0.1) is 0 Å². The van der Waals surface area contributed by atoms with Crippen molar-refractivity contribution < 1.29 is 28.9 Å².